The first-order chi connectivity index (χ1) is 11.2. The number of nitrogens with two attached hydrogens (primary N) is 1. The number of nitrogens with zero attached hydrogens (tertiary/aromatic N) is 3. The summed E-state index contributed by atoms with van der Waals surface area (Å²) in [5.41, 5.74) is 8.22. The van der Waals surface area contributed by atoms with Crippen molar-refractivity contribution >= 4 is 5.69 Å². The van der Waals surface area contributed by atoms with E-state index in [4.69, 9.17) is 10.5 Å². The molecule has 2 aromatic rings. The van der Waals surface area contributed by atoms with Crippen molar-refractivity contribution in [1.29, 1.82) is 0 Å². The van der Waals surface area contributed by atoms with Gasteiger partial charge in [-0.15, -0.1) is 0 Å². The van der Waals surface area contributed by atoms with Crippen molar-refractivity contribution in [3.63, 3.8) is 0 Å². The van der Waals surface area contributed by atoms with E-state index in [0.717, 1.165) is 31.1 Å². The fourth-order valence-corrected chi connectivity index (χ4v) is 3.14. The largest absolute Gasteiger partial charge is 0.425 e. The average Bonchev–Trinajstić information content (AvgIpc) is 2.99. The molecule has 0 spiro atoms. The summed E-state index contributed by atoms with van der Waals surface area (Å²) in [7, 11) is 0. The molecule has 3 rings (SSSR count). The molecule has 2 heterocycles. The fraction of sp³-hybridized carbons (Fsp3) is 0.500. The van der Waals surface area contributed by atoms with Crippen LogP contribution in [0.3, 0.4) is 0 Å². The van der Waals surface area contributed by atoms with Gasteiger partial charge in [0.2, 0.25) is 0 Å². The Kier molecular flexibility index (Phi) is 4.86. The zero-order valence-electron chi connectivity index (χ0n) is 14.0. The van der Waals surface area contributed by atoms with E-state index in [1.807, 2.05) is 23.6 Å². The van der Waals surface area contributed by atoms with Crippen LogP contribution in [0.2, 0.25) is 0 Å². The van der Waals surface area contributed by atoms with Gasteiger partial charge in [0.25, 0.3) is 0 Å². The topological polar surface area (TPSA) is 56.3 Å². The Morgan fingerprint density at radius 1 is 1.26 bits per heavy atom. The summed E-state index contributed by atoms with van der Waals surface area (Å²) in [5, 5.41) is 0. The lowest BCUT2D eigenvalue weighted by molar-refractivity contribution is 0.409. The molecule has 0 bridgehead atoms. The first-order valence-corrected chi connectivity index (χ1v) is 8.53. The van der Waals surface area contributed by atoms with Gasteiger partial charge in [-0.1, -0.05) is 6.07 Å². The molecule has 5 heteroatoms. The Bertz CT molecular complexity index is 644. The van der Waals surface area contributed by atoms with Crippen LogP contribution in [-0.4, -0.2) is 22.6 Å². The second kappa shape index (κ2) is 7.04. The highest BCUT2D eigenvalue weighted by atomic mass is 16.5. The minimum absolute atomic E-state index is 0.0560. The molecule has 1 unspecified atom stereocenters. The number of anilines is 1. The van der Waals surface area contributed by atoms with Crippen molar-refractivity contribution in [2.45, 2.75) is 45.7 Å². The van der Waals surface area contributed by atoms with E-state index in [2.05, 4.69) is 28.9 Å². The number of ether oxygens (including phenoxy) is 1. The lowest BCUT2D eigenvalue weighted by Gasteiger charge is -2.29. The van der Waals surface area contributed by atoms with Crippen molar-refractivity contribution < 1.29 is 4.74 Å². The van der Waals surface area contributed by atoms with Crippen molar-refractivity contribution in [2.75, 3.05) is 18.0 Å². The molecule has 0 radical (unpaired) electrons. The van der Waals surface area contributed by atoms with E-state index in [1.54, 1.807) is 6.20 Å². The number of hydrogen-bond donors (Lipinski definition) is 1. The molecule has 2 N–H and O–H groups in total. The summed E-state index contributed by atoms with van der Waals surface area (Å²) in [6, 6.07) is 8.83. The van der Waals surface area contributed by atoms with Crippen LogP contribution in [0.4, 0.5) is 5.69 Å². The van der Waals surface area contributed by atoms with Gasteiger partial charge in [0.15, 0.2) is 0 Å². The summed E-state index contributed by atoms with van der Waals surface area (Å²) in [6.45, 7) is 7.08. The molecular weight excluding hydrogens is 288 g/mol. The predicted molar refractivity (Wildman–Crippen MR) is 93.1 cm³/mol. The summed E-state index contributed by atoms with van der Waals surface area (Å²) in [5.74, 6) is 0.824. The maximum absolute atomic E-state index is 6.03. The van der Waals surface area contributed by atoms with Crippen molar-refractivity contribution in [3.05, 3.63) is 36.2 Å². The van der Waals surface area contributed by atoms with Crippen LogP contribution in [0.25, 0.3) is 0 Å². The maximum atomic E-state index is 6.03. The Balaban J connectivity index is 1.80. The Labute approximate surface area is 138 Å². The minimum atomic E-state index is -0.0560. The number of benzene rings is 1. The molecule has 1 aliphatic rings. The highest BCUT2D eigenvalue weighted by Gasteiger charge is 2.15. The van der Waals surface area contributed by atoms with Gasteiger partial charge in [-0.2, -0.15) is 0 Å². The Morgan fingerprint density at radius 2 is 2.04 bits per heavy atom. The third-order valence-corrected chi connectivity index (χ3v) is 4.38. The third kappa shape index (κ3) is 3.50. The summed E-state index contributed by atoms with van der Waals surface area (Å²) >= 11 is 0. The van der Waals surface area contributed by atoms with Gasteiger partial charge in [-0.05, 0) is 45.2 Å². The molecule has 124 valence electrons. The third-order valence-electron chi connectivity index (χ3n) is 4.38. The molecule has 1 fully saturated rings. The Morgan fingerprint density at radius 3 is 2.74 bits per heavy atom. The van der Waals surface area contributed by atoms with Gasteiger partial charge in [0.05, 0.1) is 11.9 Å². The smallest absolute Gasteiger partial charge is 0.302 e. The van der Waals surface area contributed by atoms with Gasteiger partial charge in [0, 0.05) is 37.4 Å². The van der Waals surface area contributed by atoms with E-state index in [0.29, 0.717) is 6.01 Å². The number of rotatable bonds is 5. The number of imidazole rings is 1. The molecule has 1 atom stereocenters. The van der Waals surface area contributed by atoms with Gasteiger partial charge in [0.1, 0.15) is 5.75 Å². The van der Waals surface area contributed by atoms with Crippen LogP contribution in [0, 0.1) is 0 Å². The van der Waals surface area contributed by atoms with Crippen LogP contribution in [0.15, 0.2) is 30.5 Å². The highest BCUT2D eigenvalue weighted by molar-refractivity contribution is 5.51. The van der Waals surface area contributed by atoms with Crippen LogP contribution >= 0.6 is 0 Å². The SMILES string of the molecule is CCn1c(C(C)N)cnc1Oc1cccc(N2CCCCC2)c1. The number of aromatic nitrogens is 2. The molecular formula is C18H26N4O. The second-order valence-electron chi connectivity index (χ2n) is 6.15. The molecule has 0 amide bonds. The molecule has 1 aliphatic heterocycles. The van der Waals surface area contributed by atoms with E-state index >= 15 is 0 Å². The van der Waals surface area contributed by atoms with Gasteiger partial charge < -0.3 is 15.4 Å². The molecule has 23 heavy (non-hydrogen) atoms. The normalized spacial score (nSPS) is 16.4. The van der Waals surface area contributed by atoms with Gasteiger partial charge in [-0.3, -0.25) is 4.57 Å². The maximum Gasteiger partial charge on any atom is 0.302 e. The average molecular weight is 314 g/mol. The number of piperidine rings is 1. The quantitative estimate of drug-likeness (QED) is 0.914. The van der Waals surface area contributed by atoms with Crippen LogP contribution in [0.1, 0.15) is 44.8 Å². The zero-order chi connectivity index (χ0) is 16.2. The Hall–Kier alpha value is -2.01. The van der Waals surface area contributed by atoms with E-state index in [-0.39, 0.29) is 6.04 Å². The van der Waals surface area contributed by atoms with Gasteiger partial charge >= 0.3 is 6.01 Å². The van der Waals surface area contributed by atoms with Crippen LogP contribution in [0.5, 0.6) is 11.8 Å². The first kappa shape index (κ1) is 15.9. The van der Waals surface area contributed by atoms with Crippen LogP contribution < -0.4 is 15.4 Å². The van der Waals surface area contributed by atoms with E-state index in [1.165, 1.54) is 24.9 Å². The molecule has 0 saturated carbocycles. The molecule has 1 aromatic carbocycles. The first-order valence-electron chi connectivity index (χ1n) is 8.53. The summed E-state index contributed by atoms with van der Waals surface area (Å²) < 4.78 is 8.06. The molecule has 1 saturated heterocycles. The van der Waals surface area contributed by atoms with Crippen molar-refractivity contribution in [3.8, 4) is 11.8 Å². The molecule has 5 nitrogen and oxygen atoms in total. The lowest BCUT2D eigenvalue weighted by atomic mass is 10.1. The molecule has 0 aliphatic carbocycles. The standard InChI is InChI=1S/C18H26N4O/c1-3-22-17(14(2)19)13-20-18(22)23-16-9-7-8-15(12-16)21-10-5-4-6-11-21/h7-9,12-14H,3-6,10-11,19H2,1-2H3. The van der Waals surface area contributed by atoms with Crippen molar-refractivity contribution in [2.24, 2.45) is 5.73 Å². The molecule has 1 aromatic heterocycles. The number of hydrogen-bond acceptors (Lipinski definition) is 4. The van der Waals surface area contributed by atoms with Crippen molar-refractivity contribution in [1.82, 2.24) is 9.55 Å². The highest BCUT2D eigenvalue weighted by Crippen LogP contribution is 2.28. The minimum Gasteiger partial charge on any atom is -0.425 e. The van der Waals surface area contributed by atoms with Crippen LogP contribution in [-0.2, 0) is 6.54 Å². The second-order valence-corrected chi connectivity index (χ2v) is 6.15. The van der Waals surface area contributed by atoms with Gasteiger partial charge in [-0.25, -0.2) is 4.98 Å². The predicted octanol–water partition coefficient (Wildman–Crippen LogP) is 3.71. The summed E-state index contributed by atoms with van der Waals surface area (Å²) in [4.78, 5) is 6.82. The summed E-state index contributed by atoms with van der Waals surface area (Å²) in [6.07, 6.45) is 5.67. The monoisotopic (exact) mass is 314 g/mol. The van der Waals surface area contributed by atoms with E-state index < -0.39 is 0 Å². The zero-order valence-corrected chi connectivity index (χ0v) is 14.0. The fourth-order valence-electron chi connectivity index (χ4n) is 3.14. The lowest BCUT2D eigenvalue weighted by Crippen LogP contribution is -2.29. The van der Waals surface area contributed by atoms with E-state index in [9.17, 15) is 0 Å².